The number of benzene rings is 1. The first-order valence-corrected chi connectivity index (χ1v) is 10.1. The number of nitrogens with zero attached hydrogens (tertiary/aromatic N) is 5. The van der Waals surface area contributed by atoms with Crippen molar-refractivity contribution in [1.82, 2.24) is 15.2 Å². The van der Waals surface area contributed by atoms with Gasteiger partial charge >= 0.3 is 0 Å². The van der Waals surface area contributed by atoms with Gasteiger partial charge in [0.15, 0.2) is 5.96 Å². The Morgan fingerprint density at radius 1 is 1.07 bits per heavy atom. The molecule has 0 aliphatic carbocycles. The normalized spacial score (nSPS) is 14.4. The van der Waals surface area contributed by atoms with Crippen LogP contribution >= 0.6 is 24.0 Å². The lowest BCUT2D eigenvalue weighted by molar-refractivity contribution is 0.371. The van der Waals surface area contributed by atoms with Gasteiger partial charge in [-0.1, -0.05) is 18.2 Å². The molecule has 2 heterocycles. The molecule has 0 bridgehead atoms. The van der Waals surface area contributed by atoms with Crippen LogP contribution < -0.4 is 15.1 Å². The SMILES string of the molecule is CCNC(=NCCc1ccc(N(C)C)cc1)N1CCN(c2ccccn2)CC1.I. The minimum atomic E-state index is 0. The molecule has 7 heteroatoms. The Morgan fingerprint density at radius 2 is 1.79 bits per heavy atom. The average molecular weight is 508 g/mol. The third-order valence-corrected chi connectivity index (χ3v) is 5.00. The molecule has 1 fully saturated rings. The molecule has 6 nitrogen and oxygen atoms in total. The van der Waals surface area contributed by atoms with Gasteiger partial charge in [-0.3, -0.25) is 4.99 Å². The largest absolute Gasteiger partial charge is 0.378 e. The molecule has 3 rings (SSSR count). The van der Waals surface area contributed by atoms with E-state index in [1.807, 2.05) is 18.3 Å². The number of anilines is 2. The van der Waals surface area contributed by atoms with Gasteiger partial charge in [-0.2, -0.15) is 0 Å². The third-order valence-electron chi connectivity index (χ3n) is 5.00. The predicted octanol–water partition coefficient (Wildman–Crippen LogP) is 3.10. The fourth-order valence-electron chi connectivity index (χ4n) is 3.37. The summed E-state index contributed by atoms with van der Waals surface area (Å²) in [5, 5.41) is 3.45. The van der Waals surface area contributed by atoms with E-state index in [4.69, 9.17) is 4.99 Å². The summed E-state index contributed by atoms with van der Waals surface area (Å²) in [6.45, 7) is 7.65. The summed E-state index contributed by atoms with van der Waals surface area (Å²) in [6.07, 6.45) is 2.81. The van der Waals surface area contributed by atoms with Crippen molar-refractivity contribution in [3.05, 3.63) is 54.2 Å². The van der Waals surface area contributed by atoms with Gasteiger partial charge in [0.2, 0.25) is 0 Å². The van der Waals surface area contributed by atoms with Gasteiger partial charge in [0, 0.05) is 65.2 Å². The van der Waals surface area contributed by atoms with Gasteiger partial charge in [0.05, 0.1) is 0 Å². The molecule has 158 valence electrons. The van der Waals surface area contributed by atoms with Crippen LogP contribution in [0, 0.1) is 0 Å². The molecule has 0 saturated carbocycles. The Hall–Kier alpha value is -2.03. The van der Waals surface area contributed by atoms with E-state index >= 15 is 0 Å². The fraction of sp³-hybridized carbons (Fsp3) is 0.455. The second kappa shape index (κ2) is 11.8. The number of hydrogen-bond donors (Lipinski definition) is 1. The van der Waals surface area contributed by atoms with Crippen LogP contribution in [0.1, 0.15) is 12.5 Å². The van der Waals surface area contributed by atoms with E-state index in [1.165, 1.54) is 11.3 Å². The van der Waals surface area contributed by atoms with Gasteiger partial charge in [0.1, 0.15) is 5.82 Å². The minimum absolute atomic E-state index is 0. The standard InChI is InChI=1S/C22H32N6.HI/c1-4-23-22(25-14-12-19-8-10-20(11-9-19)26(2)3)28-17-15-27(16-18-28)21-7-5-6-13-24-21;/h5-11,13H,4,12,14-18H2,1-3H3,(H,23,25);1H. The van der Waals surface area contributed by atoms with Crippen molar-refractivity contribution in [3.8, 4) is 0 Å². The van der Waals surface area contributed by atoms with E-state index in [0.717, 1.165) is 57.5 Å². The molecule has 0 amide bonds. The van der Waals surface area contributed by atoms with Crippen molar-refractivity contribution in [2.75, 3.05) is 63.2 Å². The molecule has 1 N–H and O–H groups in total. The zero-order valence-corrected chi connectivity index (χ0v) is 20.0. The average Bonchev–Trinajstić information content (AvgIpc) is 2.74. The molecule has 29 heavy (non-hydrogen) atoms. The number of pyridine rings is 1. The van der Waals surface area contributed by atoms with Crippen LogP contribution in [0.4, 0.5) is 11.5 Å². The number of rotatable bonds is 6. The van der Waals surface area contributed by atoms with Gasteiger partial charge < -0.3 is 20.0 Å². The Balaban J connectivity index is 0.00000300. The number of aromatic nitrogens is 1. The minimum Gasteiger partial charge on any atom is -0.378 e. The number of piperazine rings is 1. The summed E-state index contributed by atoms with van der Waals surface area (Å²) in [4.78, 5) is 16.2. The van der Waals surface area contributed by atoms with Crippen LogP contribution in [0.3, 0.4) is 0 Å². The maximum Gasteiger partial charge on any atom is 0.194 e. The van der Waals surface area contributed by atoms with E-state index in [9.17, 15) is 0 Å². The van der Waals surface area contributed by atoms with Crippen molar-refractivity contribution >= 4 is 41.4 Å². The third kappa shape index (κ3) is 6.76. The molecule has 2 aromatic rings. The van der Waals surface area contributed by atoms with Crippen molar-refractivity contribution in [1.29, 1.82) is 0 Å². The molecule has 1 aromatic carbocycles. The monoisotopic (exact) mass is 508 g/mol. The van der Waals surface area contributed by atoms with Gasteiger partial charge in [-0.15, -0.1) is 24.0 Å². The second-order valence-corrected chi connectivity index (χ2v) is 7.21. The van der Waals surface area contributed by atoms with Crippen molar-refractivity contribution in [3.63, 3.8) is 0 Å². The Morgan fingerprint density at radius 3 is 2.38 bits per heavy atom. The summed E-state index contributed by atoms with van der Waals surface area (Å²) in [5.74, 6) is 2.08. The van der Waals surface area contributed by atoms with Crippen LogP contribution in [0.5, 0.6) is 0 Å². The highest BCUT2D eigenvalue weighted by atomic mass is 127. The number of guanidine groups is 1. The van der Waals surface area contributed by atoms with E-state index < -0.39 is 0 Å². The number of nitrogens with one attached hydrogen (secondary N) is 1. The van der Waals surface area contributed by atoms with Crippen LogP contribution in [0.25, 0.3) is 0 Å². The maximum atomic E-state index is 4.87. The van der Waals surface area contributed by atoms with E-state index in [1.54, 1.807) is 0 Å². The summed E-state index contributed by atoms with van der Waals surface area (Å²) in [6, 6.07) is 14.8. The molecule has 1 saturated heterocycles. The highest BCUT2D eigenvalue weighted by molar-refractivity contribution is 14.0. The van der Waals surface area contributed by atoms with Gasteiger partial charge in [-0.05, 0) is 43.2 Å². The van der Waals surface area contributed by atoms with Gasteiger partial charge in [-0.25, -0.2) is 4.98 Å². The zero-order valence-electron chi connectivity index (χ0n) is 17.7. The topological polar surface area (TPSA) is 47.0 Å². The summed E-state index contributed by atoms with van der Waals surface area (Å²) in [7, 11) is 4.13. The first-order chi connectivity index (χ1) is 13.7. The quantitative estimate of drug-likeness (QED) is 0.369. The van der Waals surface area contributed by atoms with Crippen molar-refractivity contribution < 1.29 is 0 Å². The highest BCUT2D eigenvalue weighted by Gasteiger charge is 2.20. The van der Waals surface area contributed by atoms with Crippen molar-refractivity contribution in [2.24, 2.45) is 4.99 Å². The Labute approximate surface area is 192 Å². The summed E-state index contributed by atoms with van der Waals surface area (Å²) >= 11 is 0. The number of halogens is 1. The molecule has 1 aliphatic heterocycles. The van der Waals surface area contributed by atoms with E-state index in [2.05, 4.69) is 76.4 Å². The van der Waals surface area contributed by atoms with Crippen LogP contribution in [-0.2, 0) is 6.42 Å². The maximum absolute atomic E-state index is 4.87. The van der Waals surface area contributed by atoms with Gasteiger partial charge in [0.25, 0.3) is 0 Å². The fourth-order valence-corrected chi connectivity index (χ4v) is 3.37. The Kier molecular flexibility index (Phi) is 9.50. The van der Waals surface area contributed by atoms with Crippen molar-refractivity contribution in [2.45, 2.75) is 13.3 Å². The molecule has 0 radical (unpaired) electrons. The summed E-state index contributed by atoms with van der Waals surface area (Å²) in [5.41, 5.74) is 2.55. The van der Waals surface area contributed by atoms with Crippen LogP contribution in [0.15, 0.2) is 53.7 Å². The lowest BCUT2D eigenvalue weighted by atomic mass is 10.1. The highest BCUT2D eigenvalue weighted by Crippen LogP contribution is 2.14. The molecule has 1 aliphatic rings. The molecule has 1 aromatic heterocycles. The Bertz CT molecular complexity index is 740. The molecular formula is C22H33IN6. The lowest BCUT2D eigenvalue weighted by Crippen LogP contribution is -2.52. The molecule has 0 atom stereocenters. The molecule has 0 spiro atoms. The number of aliphatic imine (C=N–C) groups is 1. The second-order valence-electron chi connectivity index (χ2n) is 7.21. The predicted molar refractivity (Wildman–Crippen MR) is 134 cm³/mol. The van der Waals surface area contributed by atoms with E-state index in [0.29, 0.717) is 0 Å². The van der Waals surface area contributed by atoms with E-state index in [-0.39, 0.29) is 24.0 Å². The summed E-state index contributed by atoms with van der Waals surface area (Å²) < 4.78 is 0. The van der Waals surface area contributed by atoms with Crippen LogP contribution in [0.2, 0.25) is 0 Å². The smallest absolute Gasteiger partial charge is 0.194 e. The first kappa shape index (κ1) is 23.3. The van der Waals surface area contributed by atoms with Crippen LogP contribution in [-0.4, -0.2) is 69.2 Å². The molecular weight excluding hydrogens is 475 g/mol. The first-order valence-electron chi connectivity index (χ1n) is 10.1. The lowest BCUT2D eigenvalue weighted by Gasteiger charge is -2.37. The molecule has 0 unspecified atom stereocenters. The number of hydrogen-bond acceptors (Lipinski definition) is 4. The zero-order chi connectivity index (χ0) is 19.8.